The number of rotatable bonds is 5. The highest BCUT2D eigenvalue weighted by Gasteiger charge is 2.23. The van der Waals surface area contributed by atoms with E-state index >= 15 is 0 Å². The van der Waals surface area contributed by atoms with Crippen molar-refractivity contribution in [2.24, 2.45) is 0 Å². The van der Waals surface area contributed by atoms with E-state index < -0.39 is 0 Å². The van der Waals surface area contributed by atoms with Crippen LogP contribution in [0.3, 0.4) is 0 Å². The molecule has 8 heteroatoms. The Labute approximate surface area is 185 Å². The third kappa shape index (κ3) is 4.91. The Bertz CT molecular complexity index is 1050. The number of nitrogens with zero attached hydrogens (tertiary/aromatic N) is 4. The molecule has 30 heavy (non-hydrogen) atoms. The van der Waals surface area contributed by atoms with Crippen molar-refractivity contribution in [1.82, 2.24) is 14.9 Å². The van der Waals surface area contributed by atoms with E-state index in [1.807, 2.05) is 53.6 Å². The molecule has 0 unspecified atom stereocenters. The van der Waals surface area contributed by atoms with Crippen molar-refractivity contribution in [3.05, 3.63) is 63.8 Å². The van der Waals surface area contributed by atoms with Crippen molar-refractivity contribution in [2.45, 2.75) is 20.3 Å². The maximum absolute atomic E-state index is 12.8. The van der Waals surface area contributed by atoms with Gasteiger partial charge in [0, 0.05) is 48.0 Å². The second kappa shape index (κ2) is 9.02. The number of pyridine rings is 1. The lowest BCUT2D eigenvalue weighted by Crippen LogP contribution is -2.49. The Balaban J connectivity index is 1.32. The highest BCUT2D eigenvalue weighted by Crippen LogP contribution is 2.26. The van der Waals surface area contributed by atoms with E-state index in [4.69, 9.17) is 11.6 Å². The zero-order valence-corrected chi connectivity index (χ0v) is 18.6. The number of amides is 1. The number of aromatic nitrogens is 2. The molecule has 0 bridgehead atoms. The van der Waals surface area contributed by atoms with E-state index in [1.54, 1.807) is 0 Å². The largest absolute Gasteiger partial charge is 0.368 e. The lowest BCUT2D eigenvalue weighted by molar-refractivity contribution is -0.130. The lowest BCUT2D eigenvalue weighted by Gasteiger charge is -2.36. The van der Waals surface area contributed by atoms with Crippen LogP contribution < -0.4 is 10.2 Å². The van der Waals surface area contributed by atoms with Gasteiger partial charge < -0.3 is 15.1 Å². The maximum atomic E-state index is 12.8. The normalized spacial score (nSPS) is 14.1. The van der Waals surface area contributed by atoms with Crippen molar-refractivity contribution in [3.63, 3.8) is 0 Å². The monoisotopic (exact) mass is 441 g/mol. The van der Waals surface area contributed by atoms with Gasteiger partial charge in [-0.25, -0.2) is 9.97 Å². The summed E-state index contributed by atoms with van der Waals surface area (Å²) in [5.41, 5.74) is 4.08. The summed E-state index contributed by atoms with van der Waals surface area (Å²) in [6, 6.07) is 11.8. The number of piperazine rings is 1. The van der Waals surface area contributed by atoms with Gasteiger partial charge >= 0.3 is 0 Å². The van der Waals surface area contributed by atoms with Crippen LogP contribution in [0.5, 0.6) is 0 Å². The Morgan fingerprint density at radius 1 is 1.13 bits per heavy atom. The zero-order valence-electron chi connectivity index (χ0n) is 17.1. The number of thiazole rings is 1. The van der Waals surface area contributed by atoms with Gasteiger partial charge in [-0.05, 0) is 43.7 Å². The fraction of sp³-hybridized carbons (Fsp3) is 0.318. The molecule has 1 aliphatic rings. The summed E-state index contributed by atoms with van der Waals surface area (Å²) in [6.07, 6.45) is 0.315. The van der Waals surface area contributed by atoms with E-state index in [0.29, 0.717) is 19.5 Å². The van der Waals surface area contributed by atoms with Gasteiger partial charge in [-0.15, -0.1) is 11.3 Å². The number of hydrogen-bond acceptors (Lipinski definition) is 6. The number of anilines is 3. The molecule has 1 fully saturated rings. The first-order chi connectivity index (χ1) is 14.5. The summed E-state index contributed by atoms with van der Waals surface area (Å²) in [5, 5.41) is 6.62. The predicted octanol–water partition coefficient (Wildman–Crippen LogP) is 4.44. The van der Waals surface area contributed by atoms with E-state index in [1.165, 1.54) is 16.9 Å². The van der Waals surface area contributed by atoms with Crippen molar-refractivity contribution in [1.29, 1.82) is 0 Å². The van der Waals surface area contributed by atoms with Crippen LogP contribution in [-0.4, -0.2) is 47.0 Å². The first-order valence-corrected chi connectivity index (χ1v) is 11.2. The van der Waals surface area contributed by atoms with Crippen LogP contribution in [0.1, 0.15) is 17.0 Å². The number of hydrogen-bond donors (Lipinski definition) is 1. The van der Waals surface area contributed by atoms with Gasteiger partial charge in [0.25, 0.3) is 0 Å². The highest BCUT2D eigenvalue weighted by atomic mass is 35.5. The molecule has 3 aromatic rings. The van der Waals surface area contributed by atoms with Crippen molar-refractivity contribution >= 4 is 45.5 Å². The summed E-state index contributed by atoms with van der Waals surface area (Å²) in [6.45, 7) is 7.04. The highest BCUT2D eigenvalue weighted by molar-refractivity contribution is 7.13. The molecule has 156 valence electrons. The van der Waals surface area contributed by atoms with E-state index in [9.17, 15) is 4.79 Å². The average Bonchev–Trinajstić information content (AvgIpc) is 3.16. The molecule has 1 amide bonds. The van der Waals surface area contributed by atoms with Crippen molar-refractivity contribution < 1.29 is 4.79 Å². The third-order valence-electron chi connectivity index (χ3n) is 5.15. The van der Waals surface area contributed by atoms with Gasteiger partial charge in [-0.1, -0.05) is 23.7 Å². The molecule has 0 radical (unpaired) electrons. The molecule has 1 aromatic carbocycles. The molecular weight excluding hydrogens is 418 g/mol. The quantitative estimate of drug-likeness (QED) is 0.634. The summed E-state index contributed by atoms with van der Waals surface area (Å²) < 4.78 is 0. The van der Waals surface area contributed by atoms with Crippen LogP contribution in [0.25, 0.3) is 0 Å². The Morgan fingerprint density at radius 2 is 1.93 bits per heavy atom. The number of aryl methyl sites for hydroxylation is 2. The summed E-state index contributed by atoms with van der Waals surface area (Å²) in [5.74, 6) is 0.873. The number of benzene rings is 1. The number of carbonyl (C=O) groups excluding carboxylic acids is 1. The number of nitrogens with one attached hydrogen (secondary N) is 1. The van der Waals surface area contributed by atoms with Crippen molar-refractivity contribution in [3.8, 4) is 0 Å². The minimum Gasteiger partial charge on any atom is -0.368 e. The van der Waals surface area contributed by atoms with Gasteiger partial charge in [-0.3, -0.25) is 4.79 Å². The summed E-state index contributed by atoms with van der Waals surface area (Å²) in [4.78, 5) is 26.0. The van der Waals surface area contributed by atoms with E-state index in [2.05, 4.69) is 27.1 Å². The van der Waals surface area contributed by atoms with Crippen LogP contribution in [0.2, 0.25) is 5.02 Å². The second-order valence-corrected chi connectivity index (χ2v) is 8.70. The fourth-order valence-corrected chi connectivity index (χ4v) is 4.44. The van der Waals surface area contributed by atoms with Crippen LogP contribution in [0, 0.1) is 13.8 Å². The van der Waals surface area contributed by atoms with Crippen molar-refractivity contribution in [2.75, 3.05) is 36.4 Å². The smallest absolute Gasteiger partial charge is 0.228 e. The van der Waals surface area contributed by atoms with E-state index in [0.717, 1.165) is 46.1 Å². The molecule has 6 nitrogen and oxygen atoms in total. The molecule has 0 atom stereocenters. The first kappa shape index (κ1) is 20.6. The minimum atomic E-state index is 0.114. The third-order valence-corrected chi connectivity index (χ3v) is 6.19. The SMILES string of the molecule is Cc1cccc(Nc2nc(CC(=O)N3CCN(c4cc(Cl)ccc4C)CC3)cs2)n1. The van der Waals surface area contributed by atoms with Crippen LogP contribution in [-0.2, 0) is 11.2 Å². The molecule has 1 aliphatic heterocycles. The molecule has 0 spiro atoms. The minimum absolute atomic E-state index is 0.114. The van der Waals surface area contributed by atoms with Gasteiger partial charge in [-0.2, -0.15) is 0 Å². The molecule has 4 rings (SSSR count). The van der Waals surface area contributed by atoms with Gasteiger partial charge in [0.15, 0.2) is 5.13 Å². The maximum Gasteiger partial charge on any atom is 0.228 e. The Hall–Kier alpha value is -2.64. The lowest BCUT2D eigenvalue weighted by atomic mass is 10.1. The molecule has 0 saturated carbocycles. The Kier molecular flexibility index (Phi) is 6.20. The Morgan fingerprint density at radius 3 is 2.70 bits per heavy atom. The first-order valence-electron chi connectivity index (χ1n) is 9.92. The van der Waals surface area contributed by atoms with Gasteiger partial charge in [0.1, 0.15) is 5.82 Å². The van der Waals surface area contributed by atoms with Crippen LogP contribution in [0.4, 0.5) is 16.6 Å². The molecule has 2 aromatic heterocycles. The summed E-state index contributed by atoms with van der Waals surface area (Å²) in [7, 11) is 0. The summed E-state index contributed by atoms with van der Waals surface area (Å²) >= 11 is 7.65. The zero-order chi connectivity index (χ0) is 21.1. The van der Waals surface area contributed by atoms with Gasteiger partial charge in [0.2, 0.25) is 5.91 Å². The number of halogens is 1. The average molecular weight is 442 g/mol. The standard InChI is InChI=1S/C22H24ClN5OS/c1-15-6-7-17(23)12-19(15)27-8-10-28(11-9-27)21(29)13-18-14-30-22(25-18)26-20-5-3-4-16(2)24-20/h3-7,12,14H,8-11,13H2,1-2H3,(H,24,25,26). The van der Waals surface area contributed by atoms with Crippen LogP contribution >= 0.6 is 22.9 Å². The molecule has 1 saturated heterocycles. The van der Waals surface area contributed by atoms with Crippen LogP contribution in [0.15, 0.2) is 41.8 Å². The fourth-order valence-electron chi connectivity index (χ4n) is 3.55. The number of carbonyl (C=O) groups is 1. The molecule has 1 N–H and O–H groups in total. The predicted molar refractivity (Wildman–Crippen MR) is 123 cm³/mol. The molecule has 3 heterocycles. The molecular formula is C22H24ClN5OS. The van der Waals surface area contributed by atoms with Gasteiger partial charge in [0.05, 0.1) is 12.1 Å². The topological polar surface area (TPSA) is 61.4 Å². The van der Waals surface area contributed by atoms with E-state index in [-0.39, 0.29) is 5.91 Å². The molecule has 0 aliphatic carbocycles. The second-order valence-electron chi connectivity index (χ2n) is 7.41.